The van der Waals surface area contributed by atoms with Crippen LogP contribution in [0.2, 0.25) is 0 Å². The van der Waals surface area contributed by atoms with Gasteiger partial charge in [0.05, 0.1) is 31.2 Å². The molecule has 4 rings (SSSR count). The van der Waals surface area contributed by atoms with Gasteiger partial charge in [-0.15, -0.1) is 0 Å². The van der Waals surface area contributed by atoms with E-state index in [1.54, 1.807) is 10.9 Å². The van der Waals surface area contributed by atoms with E-state index < -0.39 is 18.4 Å². The lowest BCUT2D eigenvalue weighted by Gasteiger charge is -2.18. The molecule has 4 N–H and O–H groups in total. The van der Waals surface area contributed by atoms with Gasteiger partial charge in [-0.05, 0) is 19.3 Å². The SMILES string of the molecule is OC[C@@H]1C[C@@H](O)[C@H](n2cnc3c(NC4CCCC4O)ncnc32)O1. The molecule has 2 fully saturated rings. The quantitative estimate of drug-likeness (QED) is 0.605. The number of aliphatic hydroxyl groups is 3. The smallest absolute Gasteiger partial charge is 0.167 e. The molecule has 2 aromatic rings. The van der Waals surface area contributed by atoms with Gasteiger partial charge < -0.3 is 25.4 Å². The van der Waals surface area contributed by atoms with Crippen LogP contribution in [0.1, 0.15) is 31.9 Å². The van der Waals surface area contributed by atoms with Gasteiger partial charge in [0.2, 0.25) is 0 Å². The Bertz CT molecular complexity index is 723. The number of nitrogens with one attached hydrogen (secondary N) is 1. The van der Waals surface area contributed by atoms with Gasteiger partial charge in [0.25, 0.3) is 0 Å². The fourth-order valence-corrected chi connectivity index (χ4v) is 3.53. The number of nitrogens with zero attached hydrogens (tertiary/aromatic N) is 4. The van der Waals surface area contributed by atoms with E-state index in [4.69, 9.17) is 4.74 Å². The molecule has 3 heterocycles. The molecule has 1 aliphatic carbocycles. The van der Waals surface area contributed by atoms with Crippen molar-refractivity contribution < 1.29 is 20.1 Å². The van der Waals surface area contributed by atoms with E-state index in [1.807, 2.05) is 0 Å². The average Bonchev–Trinajstić information content (AvgIpc) is 3.27. The summed E-state index contributed by atoms with van der Waals surface area (Å²) in [6.45, 7) is -0.137. The van der Waals surface area contributed by atoms with Crippen molar-refractivity contribution in [2.24, 2.45) is 0 Å². The molecule has 0 bridgehead atoms. The Morgan fingerprint density at radius 2 is 2.08 bits per heavy atom. The number of hydrogen-bond acceptors (Lipinski definition) is 8. The van der Waals surface area contributed by atoms with E-state index in [9.17, 15) is 15.3 Å². The topological polar surface area (TPSA) is 126 Å². The lowest BCUT2D eigenvalue weighted by atomic mass is 10.2. The van der Waals surface area contributed by atoms with Crippen molar-refractivity contribution in [1.29, 1.82) is 0 Å². The zero-order chi connectivity index (χ0) is 16.7. The molecule has 5 atom stereocenters. The summed E-state index contributed by atoms with van der Waals surface area (Å²) < 4.78 is 7.33. The first-order valence-electron chi connectivity index (χ1n) is 8.24. The van der Waals surface area contributed by atoms with Crippen molar-refractivity contribution in [3.05, 3.63) is 12.7 Å². The molecule has 1 saturated heterocycles. The molecule has 9 heteroatoms. The molecule has 0 radical (unpaired) electrons. The lowest BCUT2D eigenvalue weighted by molar-refractivity contribution is -0.0486. The molecule has 0 spiro atoms. The number of imidazole rings is 1. The van der Waals surface area contributed by atoms with Crippen molar-refractivity contribution in [2.45, 2.75) is 56.3 Å². The average molecular weight is 335 g/mol. The Kier molecular flexibility index (Phi) is 4.09. The van der Waals surface area contributed by atoms with Crippen LogP contribution in [-0.2, 0) is 4.74 Å². The summed E-state index contributed by atoms with van der Waals surface area (Å²) in [5, 5.41) is 32.6. The highest BCUT2D eigenvalue weighted by atomic mass is 16.5. The first kappa shape index (κ1) is 15.7. The number of hydrogen-bond donors (Lipinski definition) is 4. The van der Waals surface area contributed by atoms with E-state index in [0.717, 1.165) is 19.3 Å². The van der Waals surface area contributed by atoms with Gasteiger partial charge in [-0.25, -0.2) is 15.0 Å². The summed E-state index contributed by atoms with van der Waals surface area (Å²) >= 11 is 0. The van der Waals surface area contributed by atoms with E-state index in [2.05, 4.69) is 20.3 Å². The van der Waals surface area contributed by atoms with Gasteiger partial charge in [0, 0.05) is 6.42 Å². The predicted molar refractivity (Wildman–Crippen MR) is 84.2 cm³/mol. The lowest BCUT2D eigenvalue weighted by Crippen LogP contribution is -2.28. The van der Waals surface area contributed by atoms with Crippen molar-refractivity contribution in [2.75, 3.05) is 11.9 Å². The Hall–Kier alpha value is -1.81. The number of aliphatic hydroxyl groups excluding tert-OH is 3. The fourth-order valence-electron chi connectivity index (χ4n) is 3.53. The van der Waals surface area contributed by atoms with Crippen LogP contribution in [0.3, 0.4) is 0 Å². The zero-order valence-corrected chi connectivity index (χ0v) is 13.1. The van der Waals surface area contributed by atoms with Crippen LogP contribution in [0.15, 0.2) is 12.7 Å². The van der Waals surface area contributed by atoms with Gasteiger partial charge in [-0.3, -0.25) is 4.57 Å². The maximum atomic E-state index is 10.2. The van der Waals surface area contributed by atoms with Crippen LogP contribution in [0.5, 0.6) is 0 Å². The van der Waals surface area contributed by atoms with Gasteiger partial charge in [-0.1, -0.05) is 0 Å². The molecule has 2 aliphatic rings. The molecule has 1 saturated carbocycles. The molecular weight excluding hydrogens is 314 g/mol. The normalized spacial score (nSPS) is 33.4. The third kappa shape index (κ3) is 2.63. The predicted octanol–water partition coefficient (Wildman–Crippen LogP) is -0.208. The zero-order valence-electron chi connectivity index (χ0n) is 13.1. The first-order valence-corrected chi connectivity index (χ1v) is 8.24. The second-order valence-electron chi connectivity index (χ2n) is 6.43. The third-order valence-electron chi connectivity index (χ3n) is 4.80. The van der Waals surface area contributed by atoms with E-state index >= 15 is 0 Å². The molecule has 130 valence electrons. The number of rotatable bonds is 4. The second-order valence-corrected chi connectivity index (χ2v) is 6.43. The summed E-state index contributed by atoms with van der Waals surface area (Å²) in [5.41, 5.74) is 1.11. The number of anilines is 1. The van der Waals surface area contributed by atoms with Crippen LogP contribution < -0.4 is 5.32 Å². The van der Waals surface area contributed by atoms with E-state index in [0.29, 0.717) is 23.4 Å². The summed E-state index contributed by atoms with van der Waals surface area (Å²) in [5.74, 6) is 0.566. The molecular formula is C15H21N5O4. The molecule has 0 amide bonds. The van der Waals surface area contributed by atoms with Gasteiger partial charge in [0.1, 0.15) is 12.4 Å². The Balaban J connectivity index is 1.64. The van der Waals surface area contributed by atoms with E-state index in [1.165, 1.54) is 6.33 Å². The van der Waals surface area contributed by atoms with Crippen LogP contribution in [0, 0.1) is 0 Å². The molecule has 0 aromatic carbocycles. The Labute approximate surface area is 138 Å². The maximum Gasteiger partial charge on any atom is 0.167 e. The van der Waals surface area contributed by atoms with Crippen molar-refractivity contribution in [3.63, 3.8) is 0 Å². The Morgan fingerprint density at radius 1 is 1.21 bits per heavy atom. The maximum absolute atomic E-state index is 10.2. The highest BCUT2D eigenvalue weighted by molar-refractivity contribution is 5.82. The third-order valence-corrected chi connectivity index (χ3v) is 4.80. The summed E-state index contributed by atoms with van der Waals surface area (Å²) in [4.78, 5) is 12.9. The minimum Gasteiger partial charge on any atom is -0.394 e. The number of fused-ring (bicyclic) bond motifs is 1. The van der Waals surface area contributed by atoms with Crippen molar-refractivity contribution in [1.82, 2.24) is 19.5 Å². The Morgan fingerprint density at radius 3 is 2.79 bits per heavy atom. The largest absolute Gasteiger partial charge is 0.394 e. The standard InChI is InChI=1S/C15H21N5O4/c21-5-8-4-11(23)15(24-8)20-7-18-12-13(16-6-17-14(12)20)19-9-2-1-3-10(9)22/h6-11,15,21-23H,1-5H2,(H,16,17,19)/t8-,9?,10?,11+,15+/m0/s1. The van der Waals surface area contributed by atoms with Gasteiger partial charge in [-0.2, -0.15) is 0 Å². The van der Waals surface area contributed by atoms with Crippen LogP contribution in [-0.4, -0.2) is 65.8 Å². The number of ether oxygens (including phenoxy) is 1. The molecule has 2 aromatic heterocycles. The minimum atomic E-state index is -0.734. The fraction of sp³-hybridized carbons (Fsp3) is 0.667. The molecule has 1 aliphatic heterocycles. The van der Waals surface area contributed by atoms with Crippen LogP contribution in [0.4, 0.5) is 5.82 Å². The summed E-state index contributed by atoms with van der Waals surface area (Å²) in [7, 11) is 0. The highest BCUT2D eigenvalue weighted by Gasteiger charge is 2.36. The highest BCUT2D eigenvalue weighted by Crippen LogP contribution is 2.32. The minimum absolute atomic E-state index is 0.0414. The number of aromatic nitrogens is 4. The molecule has 2 unspecified atom stereocenters. The van der Waals surface area contributed by atoms with Gasteiger partial charge >= 0.3 is 0 Å². The first-order chi connectivity index (χ1) is 11.7. The van der Waals surface area contributed by atoms with Crippen LogP contribution in [0.25, 0.3) is 11.2 Å². The van der Waals surface area contributed by atoms with E-state index in [-0.39, 0.29) is 18.8 Å². The van der Waals surface area contributed by atoms with Gasteiger partial charge in [0.15, 0.2) is 23.2 Å². The van der Waals surface area contributed by atoms with Crippen LogP contribution >= 0.6 is 0 Å². The monoisotopic (exact) mass is 335 g/mol. The van der Waals surface area contributed by atoms with Crippen molar-refractivity contribution in [3.8, 4) is 0 Å². The second kappa shape index (κ2) is 6.25. The van der Waals surface area contributed by atoms with Crippen molar-refractivity contribution >= 4 is 17.0 Å². The molecule has 24 heavy (non-hydrogen) atoms. The summed E-state index contributed by atoms with van der Waals surface area (Å²) in [6, 6.07) is -0.0414. The molecule has 9 nitrogen and oxygen atoms in total. The summed E-state index contributed by atoms with van der Waals surface area (Å²) in [6.07, 6.45) is 3.85.